The van der Waals surface area contributed by atoms with E-state index in [4.69, 9.17) is 11.6 Å². The minimum atomic E-state index is -5.26. The molecule has 1 aromatic carbocycles. The third kappa shape index (κ3) is 4.13. The van der Waals surface area contributed by atoms with Crippen molar-refractivity contribution < 1.29 is 27.5 Å². The average molecular weight is 402 g/mol. The second-order valence-electron chi connectivity index (χ2n) is 5.47. The standard InChI is InChI=1S/C17H15ClF3N3O3/c1-10-6-5-9-22-13(10)23-16(15(26)27-2,17(19,20)21)24-14(25)11-7-3-4-8-12(11)18/h3-9H,1-2H3,(H,22,23)(H,24,25)/t16-/m0/s1. The van der Waals surface area contributed by atoms with Crippen LogP contribution in [0.2, 0.25) is 5.02 Å². The lowest BCUT2D eigenvalue weighted by Gasteiger charge is -2.35. The number of alkyl halides is 3. The number of hydrogen-bond acceptors (Lipinski definition) is 5. The number of carbonyl (C=O) groups excluding carboxylic acids is 2. The van der Waals surface area contributed by atoms with Gasteiger partial charge >= 0.3 is 17.8 Å². The largest absolute Gasteiger partial charge is 0.466 e. The lowest BCUT2D eigenvalue weighted by molar-refractivity contribution is -0.203. The van der Waals surface area contributed by atoms with Crippen LogP contribution in [-0.2, 0) is 9.53 Å². The van der Waals surface area contributed by atoms with Crippen molar-refractivity contribution in [2.45, 2.75) is 18.8 Å². The molecule has 0 radical (unpaired) electrons. The van der Waals surface area contributed by atoms with Crippen LogP contribution in [0.1, 0.15) is 15.9 Å². The van der Waals surface area contributed by atoms with E-state index >= 15 is 0 Å². The molecule has 1 aromatic heterocycles. The zero-order valence-corrected chi connectivity index (χ0v) is 15.0. The quantitative estimate of drug-likeness (QED) is 0.593. The summed E-state index contributed by atoms with van der Waals surface area (Å²) < 4.78 is 46.2. The second-order valence-corrected chi connectivity index (χ2v) is 5.87. The summed E-state index contributed by atoms with van der Waals surface area (Å²) >= 11 is 5.87. The van der Waals surface area contributed by atoms with E-state index in [9.17, 15) is 22.8 Å². The van der Waals surface area contributed by atoms with E-state index in [1.165, 1.54) is 49.5 Å². The number of benzene rings is 1. The summed E-state index contributed by atoms with van der Waals surface area (Å²) in [5.74, 6) is -3.23. The average Bonchev–Trinajstić information content (AvgIpc) is 2.61. The predicted molar refractivity (Wildman–Crippen MR) is 92.3 cm³/mol. The first-order valence-electron chi connectivity index (χ1n) is 7.54. The third-order valence-electron chi connectivity index (χ3n) is 3.65. The Balaban J connectivity index is 2.55. The molecule has 10 heteroatoms. The van der Waals surface area contributed by atoms with Crippen LogP contribution in [0, 0.1) is 6.92 Å². The molecule has 0 bridgehead atoms. The van der Waals surface area contributed by atoms with Gasteiger partial charge in [0.15, 0.2) is 0 Å². The van der Waals surface area contributed by atoms with Crippen LogP contribution in [0.15, 0.2) is 42.6 Å². The molecule has 0 saturated heterocycles. The number of nitrogens with one attached hydrogen (secondary N) is 2. The maximum Gasteiger partial charge on any atom is 0.441 e. The van der Waals surface area contributed by atoms with Crippen LogP contribution in [0.5, 0.6) is 0 Å². The minimum Gasteiger partial charge on any atom is -0.466 e. The molecule has 0 saturated carbocycles. The number of rotatable bonds is 5. The van der Waals surface area contributed by atoms with Gasteiger partial charge in [-0.1, -0.05) is 29.8 Å². The molecule has 144 valence electrons. The summed E-state index contributed by atoms with van der Waals surface area (Å²) in [4.78, 5) is 28.4. The van der Waals surface area contributed by atoms with Gasteiger partial charge in [-0.15, -0.1) is 0 Å². The van der Waals surface area contributed by atoms with Gasteiger partial charge in [-0.3, -0.25) is 4.79 Å². The Morgan fingerprint density at radius 3 is 2.37 bits per heavy atom. The topological polar surface area (TPSA) is 80.3 Å². The number of ether oxygens (including phenoxy) is 1. The van der Waals surface area contributed by atoms with Crippen LogP contribution in [-0.4, -0.2) is 35.8 Å². The summed E-state index contributed by atoms with van der Waals surface area (Å²) in [6.45, 7) is 1.49. The Labute approximate surface area is 157 Å². The number of methoxy groups -OCH3 is 1. The zero-order chi connectivity index (χ0) is 20.2. The number of carbonyl (C=O) groups is 2. The number of aromatic nitrogens is 1. The molecular weight excluding hydrogens is 387 g/mol. The first-order chi connectivity index (χ1) is 12.6. The highest BCUT2D eigenvalue weighted by atomic mass is 35.5. The van der Waals surface area contributed by atoms with Crippen molar-refractivity contribution in [3.05, 3.63) is 58.7 Å². The van der Waals surface area contributed by atoms with Gasteiger partial charge < -0.3 is 15.4 Å². The van der Waals surface area contributed by atoms with Crippen molar-refractivity contribution in [3.63, 3.8) is 0 Å². The van der Waals surface area contributed by atoms with Gasteiger partial charge in [0.05, 0.1) is 17.7 Å². The number of esters is 1. The fourth-order valence-electron chi connectivity index (χ4n) is 2.22. The monoisotopic (exact) mass is 401 g/mol. The summed E-state index contributed by atoms with van der Waals surface area (Å²) in [7, 11) is 0.775. The van der Waals surface area contributed by atoms with Gasteiger partial charge in [0, 0.05) is 6.20 Å². The molecule has 6 nitrogen and oxygen atoms in total. The summed E-state index contributed by atoms with van der Waals surface area (Å²) in [6.07, 6.45) is -4.02. The zero-order valence-electron chi connectivity index (χ0n) is 14.2. The molecule has 0 unspecified atom stereocenters. The molecule has 27 heavy (non-hydrogen) atoms. The maximum absolute atomic E-state index is 14.0. The highest BCUT2D eigenvalue weighted by Crippen LogP contribution is 2.34. The van der Waals surface area contributed by atoms with Crippen molar-refractivity contribution in [3.8, 4) is 0 Å². The summed E-state index contributed by atoms with van der Waals surface area (Å²) in [5, 5.41) is 3.59. The van der Waals surface area contributed by atoms with Crippen LogP contribution < -0.4 is 10.6 Å². The number of nitrogens with zero attached hydrogens (tertiary/aromatic N) is 1. The smallest absolute Gasteiger partial charge is 0.441 e. The Morgan fingerprint density at radius 2 is 1.81 bits per heavy atom. The summed E-state index contributed by atoms with van der Waals surface area (Å²) in [5.41, 5.74) is -3.49. The minimum absolute atomic E-state index is 0.0787. The molecule has 1 amide bonds. The first kappa shape index (κ1) is 20.5. The lowest BCUT2D eigenvalue weighted by Crippen LogP contribution is -2.69. The molecule has 0 aliphatic heterocycles. The SMILES string of the molecule is COC(=O)[C@@](NC(=O)c1ccccc1Cl)(Nc1ncccc1C)C(F)(F)F. The molecular formula is C17H15ClF3N3O3. The van der Waals surface area contributed by atoms with Gasteiger partial charge in [-0.05, 0) is 30.7 Å². The third-order valence-corrected chi connectivity index (χ3v) is 3.98. The van der Waals surface area contributed by atoms with E-state index in [1.54, 1.807) is 5.32 Å². The van der Waals surface area contributed by atoms with Crippen molar-refractivity contribution in [1.82, 2.24) is 10.3 Å². The molecule has 1 atom stereocenters. The second kappa shape index (κ2) is 7.83. The number of anilines is 1. The van der Waals surface area contributed by atoms with E-state index < -0.39 is 23.7 Å². The predicted octanol–water partition coefficient (Wildman–Crippen LogP) is 3.32. The molecule has 2 N–H and O–H groups in total. The van der Waals surface area contributed by atoms with Crippen LogP contribution in [0.4, 0.5) is 19.0 Å². The molecule has 2 rings (SSSR count). The van der Waals surface area contributed by atoms with E-state index in [2.05, 4.69) is 9.72 Å². The Kier molecular flexibility index (Phi) is 5.94. The molecule has 0 aliphatic rings. The number of aryl methyl sites for hydroxylation is 1. The molecule has 0 fully saturated rings. The maximum atomic E-state index is 14.0. The van der Waals surface area contributed by atoms with Gasteiger partial charge in [-0.25, -0.2) is 9.78 Å². The fraction of sp³-hybridized carbons (Fsp3) is 0.235. The number of halogens is 4. The number of amides is 1. The van der Waals surface area contributed by atoms with Gasteiger partial charge in [0.1, 0.15) is 5.82 Å². The highest BCUT2D eigenvalue weighted by Gasteiger charge is 2.64. The Bertz CT molecular complexity index is 861. The van der Waals surface area contributed by atoms with Crippen molar-refractivity contribution in [2.24, 2.45) is 0 Å². The summed E-state index contributed by atoms with van der Waals surface area (Å²) in [6, 6.07) is 8.48. The lowest BCUT2D eigenvalue weighted by atomic mass is 10.1. The normalized spacial score (nSPS) is 13.4. The van der Waals surface area contributed by atoms with Crippen molar-refractivity contribution >= 4 is 29.3 Å². The Morgan fingerprint density at radius 1 is 1.15 bits per heavy atom. The van der Waals surface area contributed by atoms with Crippen LogP contribution in [0.25, 0.3) is 0 Å². The van der Waals surface area contributed by atoms with E-state index in [0.29, 0.717) is 5.56 Å². The molecule has 0 spiro atoms. The van der Waals surface area contributed by atoms with Gasteiger partial charge in [0.2, 0.25) is 0 Å². The van der Waals surface area contributed by atoms with E-state index in [0.717, 1.165) is 7.11 Å². The molecule has 1 heterocycles. The number of hydrogen-bond donors (Lipinski definition) is 2. The first-order valence-corrected chi connectivity index (χ1v) is 7.92. The molecule has 2 aromatic rings. The van der Waals surface area contributed by atoms with Gasteiger partial charge in [0.25, 0.3) is 5.91 Å². The van der Waals surface area contributed by atoms with E-state index in [1.807, 2.05) is 5.32 Å². The van der Waals surface area contributed by atoms with Crippen molar-refractivity contribution in [1.29, 1.82) is 0 Å². The molecule has 0 aliphatic carbocycles. The van der Waals surface area contributed by atoms with Gasteiger partial charge in [-0.2, -0.15) is 13.2 Å². The van der Waals surface area contributed by atoms with E-state index in [-0.39, 0.29) is 16.4 Å². The number of pyridine rings is 1. The Hall–Kier alpha value is -2.81. The van der Waals surface area contributed by atoms with Crippen molar-refractivity contribution in [2.75, 3.05) is 12.4 Å². The highest BCUT2D eigenvalue weighted by molar-refractivity contribution is 6.33. The van der Waals surface area contributed by atoms with Crippen LogP contribution in [0.3, 0.4) is 0 Å². The fourth-order valence-corrected chi connectivity index (χ4v) is 2.44. The van der Waals surface area contributed by atoms with Crippen LogP contribution >= 0.6 is 11.6 Å².